The lowest BCUT2D eigenvalue weighted by Crippen LogP contribution is -2.33. The number of carbonyl (C=O) groups is 1. The van der Waals surface area contributed by atoms with Gasteiger partial charge in [-0.2, -0.15) is 5.26 Å². The number of nitriles is 1. The first kappa shape index (κ1) is 13.6. The van der Waals surface area contributed by atoms with Crippen LogP contribution in [0.15, 0.2) is 12.1 Å². The summed E-state index contributed by atoms with van der Waals surface area (Å²) < 4.78 is 6.08. The highest BCUT2D eigenvalue weighted by Crippen LogP contribution is 2.37. The van der Waals surface area contributed by atoms with Gasteiger partial charge >= 0.3 is 0 Å². The molecule has 0 aromatic heterocycles. The zero-order valence-corrected chi connectivity index (χ0v) is 11.5. The number of hydrogen-bond acceptors (Lipinski definition) is 3. The second kappa shape index (κ2) is 5.44. The van der Waals surface area contributed by atoms with E-state index >= 15 is 0 Å². The van der Waals surface area contributed by atoms with Gasteiger partial charge in [-0.25, -0.2) is 0 Å². The third kappa shape index (κ3) is 3.14. The topological polar surface area (TPSA) is 50.1 Å². The number of hydrogen-bond donors (Lipinski definition) is 0. The van der Waals surface area contributed by atoms with Crippen LogP contribution in [0.5, 0.6) is 5.75 Å². The lowest BCUT2D eigenvalue weighted by atomic mass is 9.90. The molecular weight excluding hydrogens is 238 g/mol. The highest BCUT2D eigenvalue weighted by atomic mass is 16.5. The largest absolute Gasteiger partial charge is 0.487 e. The first-order chi connectivity index (χ1) is 9.05. The van der Waals surface area contributed by atoms with Crippen LogP contribution in [-0.2, 0) is 12.8 Å². The van der Waals surface area contributed by atoms with Gasteiger partial charge in [0.15, 0.2) is 0 Å². The molecule has 2 rings (SSSR count). The van der Waals surface area contributed by atoms with Gasteiger partial charge in [0.25, 0.3) is 0 Å². The third-order valence-corrected chi connectivity index (χ3v) is 3.51. The number of aryl methyl sites for hydroxylation is 2. The molecule has 0 saturated heterocycles. The summed E-state index contributed by atoms with van der Waals surface area (Å²) in [5.74, 6) is 0.930. The molecule has 0 N–H and O–H groups in total. The van der Waals surface area contributed by atoms with E-state index in [4.69, 9.17) is 10.00 Å². The molecule has 19 heavy (non-hydrogen) atoms. The summed E-state index contributed by atoms with van der Waals surface area (Å²) in [6.07, 6.45) is 4.90. The summed E-state index contributed by atoms with van der Waals surface area (Å²) >= 11 is 0. The van der Waals surface area contributed by atoms with E-state index in [2.05, 4.69) is 19.9 Å². The van der Waals surface area contributed by atoms with Crippen LogP contribution in [0.25, 0.3) is 0 Å². The highest BCUT2D eigenvalue weighted by Gasteiger charge is 2.28. The SMILES string of the molecule is CC1(C)CCc2cc(C=O)cc(CCCC#N)c2O1. The summed E-state index contributed by atoms with van der Waals surface area (Å²) in [5.41, 5.74) is 2.73. The quantitative estimate of drug-likeness (QED) is 0.613. The van der Waals surface area contributed by atoms with Gasteiger partial charge < -0.3 is 4.74 Å². The maximum absolute atomic E-state index is 11.0. The van der Waals surface area contributed by atoms with Crippen molar-refractivity contribution in [2.24, 2.45) is 0 Å². The fraction of sp³-hybridized carbons (Fsp3) is 0.500. The van der Waals surface area contributed by atoms with Crippen LogP contribution in [-0.4, -0.2) is 11.9 Å². The molecule has 1 aromatic carbocycles. The Morgan fingerprint density at radius 1 is 1.47 bits per heavy atom. The Morgan fingerprint density at radius 3 is 2.95 bits per heavy atom. The van der Waals surface area contributed by atoms with E-state index in [0.29, 0.717) is 12.0 Å². The predicted octanol–water partition coefficient (Wildman–Crippen LogP) is 3.45. The average molecular weight is 257 g/mol. The van der Waals surface area contributed by atoms with E-state index in [1.807, 2.05) is 12.1 Å². The summed E-state index contributed by atoms with van der Waals surface area (Å²) in [4.78, 5) is 11.0. The zero-order chi connectivity index (χ0) is 13.9. The van der Waals surface area contributed by atoms with E-state index in [-0.39, 0.29) is 5.60 Å². The Balaban J connectivity index is 2.34. The van der Waals surface area contributed by atoms with E-state index in [0.717, 1.165) is 48.8 Å². The minimum absolute atomic E-state index is 0.153. The van der Waals surface area contributed by atoms with Crippen LogP contribution in [0.3, 0.4) is 0 Å². The van der Waals surface area contributed by atoms with Crippen LogP contribution >= 0.6 is 0 Å². The van der Waals surface area contributed by atoms with Crippen molar-refractivity contribution in [3.05, 3.63) is 28.8 Å². The molecule has 3 heteroatoms. The molecule has 0 saturated carbocycles. The Morgan fingerprint density at radius 2 is 2.26 bits per heavy atom. The van der Waals surface area contributed by atoms with Crippen molar-refractivity contribution in [1.29, 1.82) is 5.26 Å². The van der Waals surface area contributed by atoms with Crippen molar-refractivity contribution in [1.82, 2.24) is 0 Å². The van der Waals surface area contributed by atoms with Crippen molar-refractivity contribution in [2.75, 3.05) is 0 Å². The Bertz CT molecular complexity index is 526. The molecule has 1 heterocycles. The number of ether oxygens (including phenoxy) is 1. The fourth-order valence-corrected chi connectivity index (χ4v) is 2.47. The average Bonchev–Trinajstić information content (AvgIpc) is 2.38. The molecular formula is C16H19NO2. The molecule has 0 amide bonds. The number of carbonyl (C=O) groups excluding carboxylic acids is 1. The van der Waals surface area contributed by atoms with Gasteiger partial charge in [0.05, 0.1) is 6.07 Å². The molecule has 1 aliphatic heterocycles. The monoisotopic (exact) mass is 257 g/mol. The van der Waals surface area contributed by atoms with Gasteiger partial charge in [0.2, 0.25) is 0 Å². The molecule has 100 valence electrons. The lowest BCUT2D eigenvalue weighted by molar-refractivity contribution is 0.0832. The zero-order valence-electron chi connectivity index (χ0n) is 11.5. The van der Waals surface area contributed by atoms with Crippen LogP contribution in [0.4, 0.5) is 0 Å². The predicted molar refractivity (Wildman–Crippen MR) is 73.4 cm³/mol. The van der Waals surface area contributed by atoms with Crippen LogP contribution in [0.1, 0.15) is 54.6 Å². The van der Waals surface area contributed by atoms with Gasteiger partial charge in [-0.3, -0.25) is 4.79 Å². The van der Waals surface area contributed by atoms with Crippen LogP contribution in [0.2, 0.25) is 0 Å². The van der Waals surface area contributed by atoms with E-state index in [1.54, 1.807) is 0 Å². The standard InChI is InChI=1S/C16H19NO2/c1-16(2)7-6-14-10-12(11-18)9-13(15(14)19-16)5-3-4-8-17/h9-11H,3-7H2,1-2H3. The van der Waals surface area contributed by atoms with Gasteiger partial charge in [-0.05, 0) is 62.8 Å². The second-order valence-corrected chi connectivity index (χ2v) is 5.66. The Hall–Kier alpha value is -1.82. The smallest absolute Gasteiger partial charge is 0.150 e. The molecule has 0 spiro atoms. The highest BCUT2D eigenvalue weighted by molar-refractivity contribution is 5.76. The summed E-state index contributed by atoms with van der Waals surface area (Å²) in [6.45, 7) is 4.17. The molecule has 1 aromatic rings. The third-order valence-electron chi connectivity index (χ3n) is 3.51. The molecule has 3 nitrogen and oxygen atoms in total. The first-order valence-corrected chi connectivity index (χ1v) is 6.73. The van der Waals surface area contributed by atoms with Crippen LogP contribution < -0.4 is 4.74 Å². The van der Waals surface area contributed by atoms with Gasteiger partial charge in [-0.15, -0.1) is 0 Å². The normalized spacial score (nSPS) is 16.1. The molecule has 0 aliphatic carbocycles. The van der Waals surface area contributed by atoms with Crippen molar-refractivity contribution in [3.63, 3.8) is 0 Å². The Labute approximate surface area is 114 Å². The number of rotatable bonds is 4. The molecule has 0 fully saturated rings. The maximum Gasteiger partial charge on any atom is 0.150 e. The lowest BCUT2D eigenvalue weighted by Gasteiger charge is -2.34. The Kier molecular flexibility index (Phi) is 3.90. The minimum atomic E-state index is -0.153. The van der Waals surface area contributed by atoms with Crippen molar-refractivity contribution >= 4 is 6.29 Å². The fourth-order valence-electron chi connectivity index (χ4n) is 2.47. The van der Waals surface area contributed by atoms with Crippen molar-refractivity contribution in [2.45, 2.75) is 51.6 Å². The number of aldehydes is 1. The van der Waals surface area contributed by atoms with Crippen LogP contribution in [0, 0.1) is 11.3 Å². The first-order valence-electron chi connectivity index (χ1n) is 6.73. The van der Waals surface area contributed by atoms with Crippen molar-refractivity contribution in [3.8, 4) is 11.8 Å². The number of unbranched alkanes of at least 4 members (excludes halogenated alkanes) is 1. The summed E-state index contributed by atoms with van der Waals surface area (Å²) in [5, 5.41) is 8.63. The van der Waals surface area contributed by atoms with E-state index in [1.165, 1.54) is 0 Å². The van der Waals surface area contributed by atoms with Gasteiger partial charge in [0, 0.05) is 12.0 Å². The molecule has 0 radical (unpaired) electrons. The molecule has 0 unspecified atom stereocenters. The minimum Gasteiger partial charge on any atom is -0.487 e. The van der Waals surface area contributed by atoms with E-state index in [9.17, 15) is 4.79 Å². The maximum atomic E-state index is 11.0. The number of nitrogens with zero attached hydrogens (tertiary/aromatic N) is 1. The number of fused-ring (bicyclic) bond motifs is 1. The van der Waals surface area contributed by atoms with Gasteiger partial charge in [0.1, 0.15) is 17.6 Å². The molecule has 1 aliphatic rings. The second-order valence-electron chi connectivity index (χ2n) is 5.66. The summed E-state index contributed by atoms with van der Waals surface area (Å²) in [6, 6.07) is 5.97. The molecule has 0 bridgehead atoms. The van der Waals surface area contributed by atoms with E-state index < -0.39 is 0 Å². The summed E-state index contributed by atoms with van der Waals surface area (Å²) in [7, 11) is 0. The van der Waals surface area contributed by atoms with Crippen molar-refractivity contribution < 1.29 is 9.53 Å². The van der Waals surface area contributed by atoms with Gasteiger partial charge in [-0.1, -0.05) is 0 Å². The molecule has 0 atom stereocenters. The number of benzene rings is 1.